The highest BCUT2D eigenvalue weighted by Crippen LogP contribution is 2.11. The lowest BCUT2D eigenvalue weighted by atomic mass is 10.1. The van der Waals surface area contributed by atoms with Gasteiger partial charge in [0.2, 0.25) is 5.91 Å². The second kappa shape index (κ2) is 6.15. The smallest absolute Gasteiger partial charge is 0.239 e. The summed E-state index contributed by atoms with van der Waals surface area (Å²) in [7, 11) is 0. The van der Waals surface area contributed by atoms with E-state index in [0.29, 0.717) is 11.6 Å². The van der Waals surface area contributed by atoms with Crippen LogP contribution in [-0.2, 0) is 4.79 Å². The van der Waals surface area contributed by atoms with Crippen molar-refractivity contribution in [1.29, 1.82) is 0 Å². The second-order valence-electron chi connectivity index (χ2n) is 4.38. The van der Waals surface area contributed by atoms with Crippen LogP contribution in [0.5, 0.6) is 0 Å². The quantitative estimate of drug-likeness (QED) is 0.864. The summed E-state index contributed by atoms with van der Waals surface area (Å²) in [5.74, 6) is 0.966. The molecule has 1 atom stereocenters. The van der Waals surface area contributed by atoms with Crippen LogP contribution in [0.25, 0.3) is 0 Å². The predicted octanol–water partition coefficient (Wildman–Crippen LogP) is 2.27. The number of amides is 1. The van der Waals surface area contributed by atoms with Gasteiger partial charge in [-0.05, 0) is 19.4 Å². The van der Waals surface area contributed by atoms with Crippen LogP contribution in [0.3, 0.4) is 0 Å². The van der Waals surface area contributed by atoms with Crippen molar-refractivity contribution in [3.8, 4) is 0 Å². The number of hydrogen-bond donors (Lipinski definition) is 2. The standard InChI is InChI=1S/C14H17N3O2/c1-10-8-13(17-19-10)16-14(18)9-15-11(2)12-6-4-3-5-7-12/h3-8,11,15H,9H2,1-2H3,(H,16,17,18)/t11-/m1/s1. The van der Waals surface area contributed by atoms with Crippen LogP contribution in [-0.4, -0.2) is 17.6 Å². The third kappa shape index (κ3) is 3.93. The van der Waals surface area contributed by atoms with Crippen LogP contribution in [0.1, 0.15) is 24.3 Å². The van der Waals surface area contributed by atoms with Crippen molar-refractivity contribution in [3.63, 3.8) is 0 Å². The van der Waals surface area contributed by atoms with Crippen molar-refractivity contribution >= 4 is 11.7 Å². The van der Waals surface area contributed by atoms with Crippen molar-refractivity contribution in [2.75, 3.05) is 11.9 Å². The molecule has 19 heavy (non-hydrogen) atoms. The van der Waals surface area contributed by atoms with E-state index in [4.69, 9.17) is 4.52 Å². The number of aromatic nitrogens is 1. The van der Waals surface area contributed by atoms with Crippen LogP contribution in [0.4, 0.5) is 5.82 Å². The molecule has 1 aromatic carbocycles. The molecule has 0 saturated heterocycles. The summed E-state index contributed by atoms with van der Waals surface area (Å²) in [6.45, 7) is 4.02. The van der Waals surface area contributed by atoms with Crippen molar-refractivity contribution in [2.24, 2.45) is 0 Å². The van der Waals surface area contributed by atoms with E-state index in [2.05, 4.69) is 15.8 Å². The minimum Gasteiger partial charge on any atom is -0.360 e. The molecule has 1 heterocycles. The third-order valence-electron chi connectivity index (χ3n) is 2.76. The Bertz CT molecular complexity index is 537. The fourth-order valence-corrected chi connectivity index (χ4v) is 1.72. The number of carbonyl (C=O) groups is 1. The first-order valence-electron chi connectivity index (χ1n) is 6.16. The zero-order chi connectivity index (χ0) is 13.7. The Hall–Kier alpha value is -2.14. The largest absolute Gasteiger partial charge is 0.360 e. The third-order valence-corrected chi connectivity index (χ3v) is 2.76. The first kappa shape index (κ1) is 13.3. The molecule has 2 aromatic rings. The molecule has 100 valence electrons. The fourth-order valence-electron chi connectivity index (χ4n) is 1.72. The fraction of sp³-hybridized carbons (Fsp3) is 0.286. The summed E-state index contributed by atoms with van der Waals surface area (Å²) in [6, 6.07) is 11.8. The van der Waals surface area contributed by atoms with E-state index >= 15 is 0 Å². The monoisotopic (exact) mass is 259 g/mol. The molecule has 5 heteroatoms. The lowest BCUT2D eigenvalue weighted by molar-refractivity contribution is -0.115. The van der Waals surface area contributed by atoms with Crippen LogP contribution in [0, 0.1) is 6.92 Å². The van der Waals surface area contributed by atoms with Gasteiger partial charge in [0.25, 0.3) is 0 Å². The highest BCUT2D eigenvalue weighted by Gasteiger charge is 2.09. The molecule has 1 amide bonds. The minimum atomic E-state index is -0.143. The highest BCUT2D eigenvalue weighted by molar-refractivity contribution is 5.91. The van der Waals surface area contributed by atoms with Crippen molar-refractivity contribution in [3.05, 3.63) is 47.7 Å². The van der Waals surface area contributed by atoms with E-state index in [1.54, 1.807) is 13.0 Å². The molecule has 0 spiro atoms. The van der Waals surface area contributed by atoms with Crippen LogP contribution < -0.4 is 10.6 Å². The molecule has 0 unspecified atom stereocenters. The van der Waals surface area contributed by atoms with Gasteiger partial charge < -0.3 is 15.2 Å². The molecule has 2 rings (SSSR count). The Morgan fingerprint density at radius 2 is 2.11 bits per heavy atom. The molecule has 0 fully saturated rings. The van der Waals surface area contributed by atoms with Gasteiger partial charge >= 0.3 is 0 Å². The summed E-state index contributed by atoms with van der Waals surface area (Å²) in [5.41, 5.74) is 1.15. The zero-order valence-corrected chi connectivity index (χ0v) is 11.0. The van der Waals surface area contributed by atoms with Crippen molar-refractivity contribution in [2.45, 2.75) is 19.9 Å². The van der Waals surface area contributed by atoms with Gasteiger partial charge in [-0.25, -0.2) is 0 Å². The van der Waals surface area contributed by atoms with Crippen molar-refractivity contribution < 1.29 is 9.32 Å². The maximum atomic E-state index is 11.7. The van der Waals surface area contributed by atoms with E-state index in [9.17, 15) is 4.79 Å². The molecule has 1 aromatic heterocycles. The summed E-state index contributed by atoms with van der Waals surface area (Å²) in [6.07, 6.45) is 0. The summed E-state index contributed by atoms with van der Waals surface area (Å²) in [4.78, 5) is 11.7. The topological polar surface area (TPSA) is 67.2 Å². The van der Waals surface area contributed by atoms with Crippen molar-refractivity contribution in [1.82, 2.24) is 10.5 Å². The SMILES string of the molecule is Cc1cc(NC(=O)CN[C@H](C)c2ccccc2)no1. The Kier molecular flexibility index (Phi) is 4.30. The average Bonchev–Trinajstić information content (AvgIpc) is 2.82. The molecule has 0 aliphatic carbocycles. The molecular weight excluding hydrogens is 242 g/mol. The summed E-state index contributed by atoms with van der Waals surface area (Å²) >= 11 is 0. The maximum absolute atomic E-state index is 11.7. The Morgan fingerprint density at radius 3 is 2.74 bits per heavy atom. The van der Waals surface area contributed by atoms with Gasteiger partial charge in [0.05, 0.1) is 6.54 Å². The Labute approximate surface area is 112 Å². The van der Waals surface area contributed by atoms with Gasteiger partial charge in [-0.1, -0.05) is 35.5 Å². The van der Waals surface area contributed by atoms with Gasteiger partial charge in [0, 0.05) is 12.1 Å². The summed E-state index contributed by atoms with van der Waals surface area (Å²) in [5, 5.41) is 9.52. The lowest BCUT2D eigenvalue weighted by Gasteiger charge is -2.13. The van der Waals surface area contributed by atoms with Gasteiger partial charge in [-0.3, -0.25) is 4.79 Å². The minimum absolute atomic E-state index is 0.117. The van der Waals surface area contributed by atoms with E-state index in [1.807, 2.05) is 37.3 Å². The highest BCUT2D eigenvalue weighted by atomic mass is 16.5. The number of benzene rings is 1. The first-order valence-corrected chi connectivity index (χ1v) is 6.16. The number of rotatable bonds is 5. The van der Waals surface area contributed by atoms with Crippen LogP contribution in [0.2, 0.25) is 0 Å². The maximum Gasteiger partial charge on any atom is 0.239 e. The van der Waals surface area contributed by atoms with Gasteiger partial charge in [-0.2, -0.15) is 0 Å². The number of carbonyl (C=O) groups excluding carboxylic acids is 1. The average molecular weight is 259 g/mol. The molecule has 5 nitrogen and oxygen atoms in total. The van der Waals surface area contributed by atoms with E-state index in [1.165, 1.54) is 0 Å². The second-order valence-corrected chi connectivity index (χ2v) is 4.38. The van der Waals surface area contributed by atoms with Crippen LogP contribution >= 0.6 is 0 Å². The van der Waals surface area contributed by atoms with Gasteiger partial charge in [0.1, 0.15) is 5.76 Å². The van der Waals surface area contributed by atoms with Gasteiger partial charge in [-0.15, -0.1) is 0 Å². The molecule has 0 aliphatic heterocycles. The molecule has 0 aliphatic rings. The number of anilines is 1. The molecule has 0 bridgehead atoms. The zero-order valence-electron chi connectivity index (χ0n) is 11.0. The predicted molar refractivity (Wildman–Crippen MR) is 72.7 cm³/mol. The molecule has 0 radical (unpaired) electrons. The number of nitrogens with zero attached hydrogens (tertiary/aromatic N) is 1. The number of nitrogens with one attached hydrogen (secondary N) is 2. The van der Waals surface area contributed by atoms with Crippen LogP contribution in [0.15, 0.2) is 40.9 Å². The first-order chi connectivity index (χ1) is 9.15. The molecule has 0 saturated carbocycles. The lowest BCUT2D eigenvalue weighted by Crippen LogP contribution is -2.30. The molecule has 2 N–H and O–H groups in total. The molecular formula is C14H17N3O2. The summed E-state index contributed by atoms with van der Waals surface area (Å²) < 4.78 is 4.88. The number of aryl methyl sites for hydroxylation is 1. The van der Waals surface area contributed by atoms with E-state index in [-0.39, 0.29) is 18.5 Å². The van der Waals surface area contributed by atoms with Gasteiger partial charge in [0.15, 0.2) is 5.82 Å². The normalized spacial score (nSPS) is 12.1. The Morgan fingerprint density at radius 1 is 1.37 bits per heavy atom. The van der Waals surface area contributed by atoms with E-state index in [0.717, 1.165) is 5.56 Å². The Balaban J connectivity index is 1.80. The van der Waals surface area contributed by atoms with E-state index < -0.39 is 0 Å². The number of hydrogen-bond acceptors (Lipinski definition) is 4.